The first-order valence-corrected chi connectivity index (χ1v) is 12.5. The van der Waals surface area contributed by atoms with Crippen molar-refractivity contribution in [2.45, 2.75) is 110 Å². The zero-order valence-corrected chi connectivity index (χ0v) is 19.6. The average molecular weight is 417 g/mol. The summed E-state index contributed by atoms with van der Waals surface area (Å²) in [5, 5.41) is 0. The molecule has 3 unspecified atom stereocenters. The van der Waals surface area contributed by atoms with E-state index in [-0.39, 0.29) is 34.1 Å². The van der Waals surface area contributed by atoms with E-state index in [0.29, 0.717) is 30.6 Å². The maximum atomic E-state index is 13.1. The van der Waals surface area contributed by atoms with Crippen molar-refractivity contribution in [1.82, 2.24) is 0 Å². The number of ketones is 1. The van der Waals surface area contributed by atoms with Gasteiger partial charge in [0.1, 0.15) is 11.4 Å². The van der Waals surface area contributed by atoms with Gasteiger partial charge in [-0.2, -0.15) is 0 Å². The number of epoxide rings is 1. The van der Waals surface area contributed by atoms with Crippen molar-refractivity contribution in [1.29, 1.82) is 0 Å². The van der Waals surface area contributed by atoms with Crippen molar-refractivity contribution in [2.75, 3.05) is 0 Å². The molecule has 0 aromatic rings. The van der Waals surface area contributed by atoms with Gasteiger partial charge >= 0.3 is 5.97 Å². The number of esters is 1. The fourth-order valence-electron chi connectivity index (χ4n) is 8.64. The van der Waals surface area contributed by atoms with Gasteiger partial charge in [-0.3, -0.25) is 9.59 Å². The number of carbonyl (C=O) groups is 2. The molecule has 30 heavy (non-hydrogen) atoms. The molecule has 2 heterocycles. The van der Waals surface area contributed by atoms with Crippen LogP contribution in [0.1, 0.15) is 98.8 Å². The van der Waals surface area contributed by atoms with Crippen LogP contribution >= 0.6 is 0 Å². The molecule has 0 N–H and O–H groups in total. The van der Waals surface area contributed by atoms with E-state index in [2.05, 4.69) is 34.6 Å². The SMILES string of the molecule is CC(C)CCC[C@@H](C)[C@H]1CC[C@@H]2C1(C)CC[C@@]13OC21OC(=O)[C@H]1CC(=O)CCC13C. The van der Waals surface area contributed by atoms with Crippen LogP contribution < -0.4 is 0 Å². The molecule has 5 rings (SSSR count). The van der Waals surface area contributed by atoms with Crippen molar-refractivity contribution in [2.24, 2.45) is 40.4 Å². The van der Waals surface area contributed by atoms with Crippen LogP contribution in [0, 0.1) is 40.4 Å². The lowest BCUT2D eigenvalue weighted by Gasteiger charge is -2.54. The monoisotopic (exact) mass is 416 g/mol. The summed E-state index contributed by atoms with van der Waals surface area (Å²) in [6, 6.07) is 0. The Hall–Kier alpha value is -0.900. The first-order chi connectivity index (χ1) is 14.1. The summed E-state index contributed by atoms with van der Waals surface area (Å²) >= 11 is 0. The lowest BCUT2D eigenvalue weighted by molar-refractivity contribution is -0.202. The van der Waals surface area contributed by atoms with E-state index >= 15 is 0 Å². The lowest BCUT2D eigenvalue weighted by Crippen LogP contribution is -2.63. The average Bonchev–Trinajstić information content (AvgIpc) is 3.23. The Balaban J connectivity index is 1.40. The molecule has 0 aromatic heterocycles. The van der Waals surface area contributed by atoms with E-state index in [0.717, 1.165) is 31.6 Å². The number of Topliss-reactive ketones (excluding diaryl/α,β-unsaturated/α-hetero) is 1. The number of ether oxygens (including phenoxy) is 2. The maximum absolute atomic E-state index is 13.1. The van der Waals surface area contributed by atoms with Gasteiger partial charge in [0.05, 0.1) is 5.92 Å². The summed E-state index contributed by atoms with van der Waals surface area (Å²) in [7, 11) is 0. The first-order valence-electron chi connectivity index (χ1n) is 12.5. The van der Waals surface area contributed by atoms with E-state index in [9.17, 15) is 9.59 Å². The van der Waals surface area contributed by atoms with Crippen LogP contribution in [0.25, 0.3) is 0 Å². The second-order valence-corrected chi connectivity index (χ2v) is 12.3. The van der Waals surface area contributed by atoms with Crippen LogP contribution in [0.15, 0.2) is 0 Å². The fraction of sp³-hybridized carbons (Fsp3) is 0.923. The second-order valence-electron chi connectivity index (χ2n) is 12.3. The molecule has 3 aliphatic carbocycles. The van der Waals surface area contributed by atoms with Gasteiger partial charge in [-0.05, 0) is 55.3 Å². The number of fused-ring (bicyclic) bond motifs is 2. The highest BCUT2D eigenvalue weighted by atomic mass is 16.8. The van der Waals surface area contributed by atoms with Crippen LogP contribution in [0.2, 0.25) is 0 Å². The molecule has 2 saturated heterocycles. The molecule has 0 amide bonds. The molecule has 0 spiro atoms. The first kappa shape index (κ1) is 21.0. The van der Waals surface area contributed by atoms with Crippen LogP contribution in [0.3, 0.4) is 0 Å². The third-order valence-corrected chi connectivity index (χ3v) is 10.4. The Morgan fingerprint density at radius 2 is 1.80 bits per heavy atom. The maximum Gasteiger partial charge on any atom is 0.312 e. The van der Waals surface area contributed by atoms with Gasteiger partial charge in [-0.1, -0.05) is 53.9 Å². The highest BCUT2D eigenvalue weighted by Gasteiger charge is 2.90. The van der Waals surface area contributed by atoms with Crippen LogP contribution in [0.4, 0.5) is 0 Å². The zero-order valence-electron chi connectivity index (χ0n) is 19.6. The van der Waals surface area contributed by atoms with E-state index in [1.165, 1.54) is 25.7 Å². The van der Waals surface area contributed by atoms with Gasteiger partial charge < -0.3 is 9.47 Å². The van der Waals surface area contributed by atoms with Crippen molar-refractivity contribution < 1.29 is 19.1 Å². The van der Waals surface area contributed by atoms with Crippen molar-refractivity contribution in [3.05, 3.63) is 0 Å². The highest BCUT2D eigenvalue weighted by Crippen LogP contribution is 2.79. The topological polar surface area (TPSA) is 55.9 Å². The standard InChI is InChI=1S/C26H40O4/c1-16(2)7-6-8-17(3)19-9-10-21-23(19,4)13-14-25-24(5)12-11-18(27)15-20(24)22(28)29-26(21,25)30-25/h16-17,19-21H,6-15H2,1-5H3/t17-,19-,20-,21-,23?,24?,25+,26?/m1/s1. The van der Waals surface area contributed by atoms with Crippen LogP contribution in [-0.2, 0) is 19.1 Å². The molecule has 0 aromatic carbocycles. The number of rotatable bonds is 5. The molecule has 4 heteroatoms. The predicted molar refractivity (Wildman–Crippen MR) is 115 cm³/mol. The lowest BCUT2D eigenvalue weighted by atomic mass is 9.49. The van der Waals surface area contributed by atoms with E-state index in [4.69, 9.17) is 9.47 Å². The van der Waals surface area contributed by atoms with Gasteiger partial charge in [0.25, 0.3) is 0 Å². The van der Waals surface area contributed by atoms with Crippen LogP contribution in [0.5, 0.6) is 0 Å². The highest BCUT2D eigenvalue weighted by molar-refractivity contribution is 5.88. The quantitative estimate of drug-likeness (QED) is 0.428. The minimum absolute atomic E-state index is 0.170. The van der Waals surface area contributed by atoms with Gasteiger partial charge in [-0.25, -0.2) is 0 Å². The summed E-state index contributed by atoms with van der Waals surface area (Å²) in [6.45, 7) is 11.7. The Morgan fingerprint density at radius 1 is 1.03 bits per heavy atom. The van der Waals surface area contributed by atoms with Crippen molar-refractivity contribution >= 4 is 11.8 Å². The molecule has 2 aliphatic heterocycles. The summed E-state index contributed by atoms with van der Waals surface area (Å²) in [4.78, 5) is 25.2. The summed E-state index contributed by atoms with van der Waals surface area (Å²) in [6.07, 6.45) is 10.1. The predicted octanol–water partition coefficient (Wildman–Crippen LogP) is 5.67. The van der Waals surface area contributed by atoms with Gasteiger partial charge in [0.15, 0.2) is 0 Å². The fourth-order valence-corrected chi connectivity index (χ4v) is 8.64. The number of carbonyl (C=O) groups excluding carboxylic acids is 2. The van der Waals surface area contributed by atoms with Crippen LogP contribution in [-0.4, -0.2) is 23.1 Å². The smallest absolute Gasteiger partial charge is 0.312 e. The molecule has 0 bridgehead atoms. The molecular weight excluding hydrogens is 376 g/mol. The Kier molecular flexibility index (Phi) is 4.58. The van der Waals surface area contributed by atoms with Crippen molar-refractivity contribution in [3.8, 4) is 0 Å². The normalized spacial score (nSPS) is 50.3. The summed E-state index contributed by atoms with van der Waals surface area (Å²) in [5.41, 5.74) is -0.414. The molecule has 168 valence electrons. The number of hydrogen-bond donors (Lipinski definition) is 0. The van der Waals surface area contributed by atoms with E-state index in [1.54, 1.807) is 0 Å². The number of hydrogen-bond acceptors (Lipinski definition) is 4. The summed E-state index contributed by atoms with van der Waals surface area (Å²) in [5.74, 6) is 1.47. The Morgan fingerprint density at radius 3 is 2.53 bits per heavy atom. The summed E-state index contributed by atoms with van der Waals surface area (Å²) < 4.78 is 12.9. The molecule has 4 nitrogen and oxygen atoms in total. The van der Waals surface area contributed by atoms with Gasteiger partial charge in [0, 0.05) is 24.2 Å². The van der Waals surface area contributed by atoms with Gasteiger partial charge in [-0.15, -0.1) is 0 Å². The molecule has 0 radical (unpaired) electrons. The minimum atomic E-state index is -0.713. The molecule has 5 aliphatic rings. The van der Waals surface area contributed by atoms with E-state index in [1.807, 2.05) is 0 Å². The molecule has 5 fully saturated rings. The van der Waals surface area contributed by atoms with E-state index < -0.39 is 5.79 Å². The third kappa shape index (κ3) is 2.49. The third-order valence-electron chi connectivity index (χ3n) is 10.4. The minimum Gasteiger partial charge on any atom is -0.429 e. The Bertz CT molecular complexity index is 760. The molecule has 8 atom stereocenters. The van der Waals surface area contributed by atoms with Gasteiger partial charge in [0.2, 0.25) is 5.79 Å². The van der Waals surface area contributed by atoms with Crippen molar-refractivity contribution in [3.63, 3.8) is 0 Å². The second kappa shape index (κ2) is 6.56. The Labute approximate surface area is 181 Å². The largest absolute Gasteiger partial charge is 0.429 e. The zero-order chi connectivity index (χ0) is 21.5. The molecule has 3 saturated carbocycles. The molecular formula is C26H40O4.